The Kier molecular flexibility index (Phi) is 5.13. The van der Waals surface area contributed by atoms with Gasteiger partial charge in [-0.05, 0) is 31.0 Å². The molecule has 0 spiro atoms. The quantitative estimate of drug-likeness (QED) is 0.871. The van der Waals surface area contributed by atoms with Gasteiger partial charge in [-0.3, -0.25) is 4.79 Å². The first-order chi connectivity index (χ1) is 9.12. The summed E-state index contributed by atoms with van der Waals surface area (Å²) in [7, 11) is -0.570. The lowest BCUT2D eigenvalue weighted by Crippen LogP contribution is -2.24. The van der Waals surface area contributed by atoms with Gasteiger partial charge < -0.3 is 9.64 Å². The maximum Gasteiger partial charge on any atom is 0.241 e. The lowest BCUT2D eigenvalue weighted by molar-refractivity contribution is -0.129. The SMILES string of the molecule is Cc1cc(C)c(OCCC(=O)N(C)C)c(S(N)(=O)=O)c1. The zero-order valence-electron chi connectivity index (χ0n) is 12.1. The molecule has 0 atom stereocenters. The van der Waals surface area contributed by atoms with Crippen LogP contribution in [0.5, 0.6) is 5.75 Å². The summed E-state index contributed by atoms with van der Waals surface area (Å²) in [6.45, 7) is 3.62. The number of nitrogens with two attached hydrogens (primary N) is 1. The largest absolute Gasteiger partial charge is 0.491 e. The van der Waals surface area contributed by atoms with E-state index in [9.17, 15) is 13.2 Å². The number of primary sulfonamides is 1. The number of nitrogens with zero attached hydrogens (tertiary/aromatic N) is 1. The zero-order valence-corrected chi connectivity index (χ0v) is 13.0. The third-order valence-electron chi connectivity index (χ3n) is 2.75. The van der Waals surface area contributed by atoms with E-state index in [1.165, 1.54) is 11.0 Å². The standard InChI is InChI=1S/C13H20N2O4S/c1-9-7-10(2)13(11(8-9)20(14,17)18)19-6-5-12(16)15(3)4/h7-8H,5-6H2,1-4H3,(H2,14,17,18). The number of amides is 1. The molecule has 20 heavy (non-hydrogen) atoms. The summed E-state index contributed by atoms with van der Waals surface area (Å²) in [5.41, 5.74) is 1.45. The topological polar surface area (TPSA) is 89.7 Å². The Labute approximate surface area is 119 Å². The van der Waals surface area contributed by atoms with Crippen molar-refractivity contribution in [2.75, 3.05) is 20.7 Å². The molecule has 0 heterocycles. The van der Waals surface area contributed by atoms with E-state index in [-0.39, 0.29) is 29.6 Å². The number of ether oxygens (including phenoxy) is 1. The van der Waals surface area contributed by atoms with Crippen LogP contribution >= 0.6 is 0 Å². The number of carbonyl (C=O) groups is 1. The minimum Gasteiger partial charge on any atom is -0.491 e. The van der Waals surface area contributed by atoms with E-state index in [2.05, 4.69) is 0 Å². The van der Waals surface area contributed by atoms with Crippen LogP contribution in [0.2, 0.25) is 0 Å². The summed E-state index contributed by atoms with van der Waals surface area (Å²) in [4.78, 5) is 12.9. The highest BCUT2D eigenvalue weighted by atomic mass is 32.2. The highest BCUT2D eigenvalue weighted by molar-refractivity contribution is 7.89. The second-order valence-corrected chi connectivity index (χ2v) is 6.37. The molecule has 1 aromatic rings. The van der Waals surface area contributed by atoms with Crippen molar-refractivity contribution >= 4 is 15.9 Å². The van der Waals surface area contributed by atoms with Crippen molar-refractivity contribution in [1.82, 2.24) is 4.90 Å². The molecule has 0 aliphatic rings. The van der Waals surface area contributed by atoms with E-state index in [0.29, 0.717) is 5.56 Å². The normalized spacial score (nSPS) is 11.2. The second-order valence-electron chi connectivity index (χ2n) is 4.84. The van der Waals surface area contributed by atoms with E-state index < -0.39 is 10.0 Å². The van der Waals surface area contributed by atoms with E-state index in [0.717, 1.165) is 5.56 Å². The Bertz CT molecular complexity index is 609. The number of carbonyl (C=O) groups excluding carboxylic acids is 1. The van der Waals surface area contributed by atoms with Crippen LogP contribution in [0, 0.1) is 13.8 Å². The van der Waals surface area contributed by atoms with Crippen molar-refractivity contribution in [1.29, 1.82) is 0 Å². The molecule has 2 N–H and O–H groups in total. The van der Waals surface area contributed by atoms with E-state index in [4.69, 9.17) is 9.88 Å². The molecule has 1 amide bonds. The molecule has 0 aliphatic carbocycles. The summed E-state index contributed by atoms with van der Waals surface area (Å²) in [5, 5.41) is 5.19. The Morgan fingerprint density at radius 3 is 2.40 bits per heavy atom. The Hall–Kier alpha value is -1.60. The van der Waals surface area contributed by atoms with E-state index in [1.807, 2.05) is 0 Å². The van der Waals surface area contributed by atoms with Crippen molar-refractivity contribution in [2.45, 2.75) is 25.2 Å². The molecule has 6 nitrogen and oxygen atoms in total. The summed E-state index contributed by atoms with van der Waals surface area (Å²) in [6, 6.07) is 3.27. The van der Waals surface area contributed by atoms with Gasteiger partial charge in [-0.1, -0.05) is 6.07 Å². The average Bonchev–Trinajstić information content (AvgIpc) is 2.29. The van der Waals surface area contributed by atoms with Gasteiger partial charge >= 0.3 is 0 Å². The van der Waals surface area contributed by atoms with Gasteiger partial charge in [0.1, 0.15) is 10.6 Å². The molecule has 1 aromatic carbocycles. The van der Waals surface area contributed by atoms with Crippen LogP contribution in [0.3, 0.4) is 0 Å². The molecule has 0 unspecified atom stereocenters. The van der Waals surface area contributed by atoms with Crippen LogP contribution in [0.15, 0.2) is 17.0 Å². The highest BCUT2D eigenvalue weighted by Crippen LogP contribution is 2.28. The number of rotatable bonds is 5. The zero-order chi connectivity index (χ0) is 15.5. The second kappa shape index (κ2) is 6.23. The first-order valence-electron chi connectivity index (χ1n) is 6.10. The molecule has 1 rings (SSSR count). The molecule has 0 aliphatic heterocycles. The predicted molar refractivity (Wildman–Crippen MR) is 76.1 cm³/mol. The molecule has 0 saturated heterocycles. The van der Waals surface area contributed by atoms with Crippen molar-refractivity contribution in [3.8, 4) is 5.75 Å². The summed E-state index contributed by atoms with van der Waals surface area (Å²) in [5.74, 6) is 0.122. The van der Waals surface area contributed by atoms with Gasteiger partial charge in [0.2, 0.25) is 15.9 Å². The van der Waals surface area contributed by atoms with Crippen LogP contribution in [0.25, 0.3) is 0 Å². The van der Waals surface area contributed by atoms with Crippen LogP contribution < -0.4 is 9.88 Å². The molecular weight excluding hydrogens is 280 g/mol. The Morgan fingerprint density at radius 1 is 1.30 bits per heavy atom. The molecule has 0 saturated carbocycles. The van der Waals surface area contributed by atoms with Gasteiger partial charge in [0.05, 0.1) is 13.0 Å². The van der Waals surface area contributed by atoms with Crippen molar-refractivity contribution in [3.05, 3.63) is 23.3 Å². The van der Waals surface area contributed by atoms with Gasteiger partial charge in [0.25, 0.3) is 0 Å². The van der Waals surface area contributed by atoms with Crippen molar-refractivity contribution < 1.29 is 17.9 Å². The first-order valence-corrected chi connectivity index (χ1v) is 7.64. The van der Waals surface area contributed by atoms with Crippen molar-refractivity contribution in [2.24, 2.45) is 5.14 Å². The van der Waals surface area contributed by atoms with Crippen LogP contribution in [0.4, 0.5) is 0 Å². The number of sulfonamides is 1. The number of hydrogen-bond donors (Lipinski definition) is 1. The lowest BCUT2D eigenvalue weighted by atomic mass is 10.1. The van der Waals surface area contributed by atoms with Crippen LogP contribution in [-0.4, -0.2) is 39.9 Å². The Balaban J connectivity index is 2.98. The molecule has 112 valence electrons. The molecule has 0 fully saturated rings. The fourth-order valence-electron chi connectivity index (χ4n) is 1.78. The third-order valence-corrected chi connectivity index (χ3v) is 3.67. The average molecular weight is 300 g/mol. The highest BCUT2D eigenvalue weighted by Gasteiger charge is 2.18. The maximum absolute atomic E-state index is 11.6. The van der Waals surface area contributed by atoms with Gasteiger partial charge in [0, 0.05) is 14.1 Å². The summed E-state index contributed by atoms with van der Waals surface area (Å²) in [6.07, 6.45) is 0.171. The first kappa shape index (κ1) is 16.5. The number of aryl methyl sites for hydroxylation is 2. The molecular formula is C13H20N2O4S. The molecule has 0 radical (unpaired) electrons. The molecule has 7 heteroatoms. The van der Waals surface area contributed by atoms with Gasteiger partial charge in [-0.2, -0.15) is 0 Å². The number of hydrogen-bond acceptors (Lipinski definition) is 4. The summed E-state index contributed by atoms with van der Waals surface area (Å²) >= 11 is 0. The van der Waals surface area contributed by atoms with E-state index in [1.54, 1.807) is 34.0 Å². The van der Waals surface area contributed by atoms with Gasteiger partial charge in [-0.25, -0.2) is 13.6 Å². The fraction of sp³-hybridized carbons (Fsp3) is 0.462. The summed E-state index contributed by atoms with van der Waals surface area (Å²) < 4.78 is 28.6. The lowest BCUT2D eigenvalue weighted by Gasteiger charge is -2.15. The monoisotopic (exact) mass is 300 g/mol. The van der Waals surface area contributed by atoms with Crippen molar-refractivity contribution in [3.63, 3.8) is 0 Å². The fourth-order valence-corrected chi connectivity index (χ4v) is 2.60. The molecule has 0 bridgehead atoms. The predicted octanol–water partition coefficient (Wildman–Crippen LogP) is 0.808. The Morgan fingerprint density at radius 2 is 1.90 bits per heavy atom. The smallest absolute Gasteiger partial charge is 0.241 e. The minimum absolute atomic E-state index is 0.0488. The van der Waals surface area contributed by atoms with Crippen LogP contribution in [-0.2, 0) is 14.8 Å². The minimum atomic E-state index is -3.87. The van der Waals surface area contributed by atoms with Crippen LogP contribution in [0.1, 0.15) is 17.5 Å². The maximum atomic E-state index is 11.6. The third kappa shape index (κ3) is 4.21. The molecule has 0 aromatic heterocycles. The van der Waals surface area contributed by atoms with Gasteiger partial charge in [-0.15, -0.1) is 0 Å². The van der Waals surface area contributed by atoms with E-state index >= 15 is 0 Å². The number of benzene rings is 1. The van der Waals surface area contributed by atoms with Gasteiger partial charge in [0.15, 0.2) is 0 Å².